The normalized spacial score (nSPS) is 14.1. The second-order valence-corrected chi connectivity index (χ2v) is 6.54. The molecular weight excluding hydrogens is 336 g/mol. The van der Waals surface area contributed by atoms with Crippen molar-refractivity contribution in [3.63, 3.8) is 0 Å². The quantitative estimate of drug-likeness (QED) is 0.767. The lowest BCUT2D eigenvalue weighted by molar-refractivity contribution is 0.208. The molecule has 4 rings (SSSR count). The third-order valence-corrected chi connectivity index (χ3v) is 4.78. The number of hydrogen-bond acceptors (Lipinski definition) is 3. The number of nitrogens with one attached hydrogen (secondary N) is 1. The van der Waals surface area contributed by atoms with E-state index in [0.29, 0.717) is 13.1 Å². The lowest BCUT2D eigenvalue weighted by atomic mass is 10.1. The molecule has 0 aliphatic carbocycles. The number of carbonyl (C=O) groups excluding carboxylic acids is 1. The fourth-order valence-electron chi connectivity index (χ4n) is 3.26. The molecule has 1 aliphatic rings. The summed E-state index contributed by atoms with van der Waals surface area (Å²) in [5, 5.41) is 3.00. The number of amides is 2. The lowest BCUT2D eigenvalue weighted by Gasteiger charge is -2.35. The minimum Gasteiger partial charge on any atom is -0.353 e. The molecular formula is C22H22N4O. The van der Waals surface area contributed by atoms with E-state index in [4.69, 9.17) is 0 Å². The second kappa shape index (κ2) is 7.91. The van der Waals surface area contributed by atoms with Crippen molar-refractivity contribution in [3.05, 3.63) is 79.0 Å². The zero-order chi connectivity index (χ0) is 18.5. The average Bonchev–Trinajstić information content (AvgIpc) is 2.76. The van der Waals surface area contributed by atoms with Gasteiger partial charge in [-0.1, -0.05) is 48.5 Å². The van der Waals surface area contributed by atoms with Gasteiger partial charge in [0, 0.05) is 38.1 Å². The largest absolute Gasteiger partial charge is 0.353 e. The Hall–Kier alpha value is -3.34. The molecule has 2 aromatic carbocycles. The molecule has 2 amide bonds. The molecule has 0 saturated carbocycles. The Kier molecular flexibility index (Phi) is 5.01. The smallest absolute Gasteiger partial charge is 0.321 e. The third-order valence-electron chi connectivity index (χ3n) is 4.78. The van der Waals surface area contributed by atoms with Gasteiger partial charge in [0.15, 0.2) is 0 Å². The summed E-state index contributed by atoms with van der Waals surface area (Å²) in [6, 6.07) is 24.0. The maximum absolute atomic E-state index is 12.5. The molecule has 27 heavy (non-hydrogen) atoms. The highest BCUT2D eigenvalue weighted by Crippen LogP contribution is 2.21. The summed E-state index contributed by atoms with van der Waals surface area (Å²) >= 11 is 0. The Morgan fingerprint density at radius 2 is 1.44 bits per heavy atom. The van der Waals surface area contributed by atoms with Crippen LogP contribution in [0.4, 0.5) is 16.3 Å². The monoisotopic (exact) mass is 358 g/mol. The molecule has 1 saturated heterocycles. The Morgan fingerprint density at radius 1 is 0.778 bits per heavy atom. The lowest BCUT2D eigenvalue weighted by Crippen LogP contribution is -2.50. The number of anilines is 2. The first-order valence-electron chi connectivity index (χ1n) is 9.17. The number of carbonyl (C=O) groups is 1. The summed E-state index contributed by atoms with van der Waals surface area (Å²) in [5.74, 6) is 0.967. The predicted octanol–water partition coefficient (Wildman–Crippen LogP) is 4.10. The fraction of sp³-hybridized carbons (Fsp3) is 0.182. The summed E-state index contributed by atoms with van der Waals surface area (Å²) in [4.78, 5) is 21.0. The van der Waals surface area contributed by atoms with Crippen molar-refractivity contribution in [2.75, 3.05) is 36.4 Å². The Balaban J connectivity index is 1.33. The molecule has 136 valence electrons. The number of nitrogens with zero attached hydrogens (tertiary/aromatic N) is 3. The van der Waals surface area contributed by atoms with Gasteiger partial charge in [-0.15, -0.1) is 0 Å². The molecule has 5 heteroatoms. The fourth-order valence-corrected chi connectivity index (χ4v) is 3.26. The van der Waals surface area contributed by atoms with Crippen molar-refractivity contribution >= 4 is 17.5 Å². The number of aromatic nitrogens is 1. The van der Waals surface area contributed by atoms with Gasteiger partial charge in [0.2, 0.25) is 0 Å². The predicted molar refractivity (Wildman–Crippen MR) is 109 cm³/mol. The molecule has 1 aliphatic heterocycles. The standard InChI is InChI=1S/C22H22N4O/c27-22(26-16-14-25(15-17-26)21-8-4-5-13-23-21)24-20-11-9-19(10-12-20)18-6-2-1-3-7-18/h1-13H,14-17H2,(H,24,27). The average molecular weight is 358 g/mol. The van der Waals surface area contributed by atoms with Crippen molar-refractivity contribution < 1.29 is 4.79 Å². The zero-order valence-electron chi connectivity index (χ0n) is 15.1. The van der Waals surface area contributed by atoms with Crippen molar-refractivity contribution in [1.82, 2.24) is 9.88 Å². The number of hydrogen-bond donors (Lipinski definition) is 1. The van der Waals surface area contributed by atoms with Gasteiger partial charge in [0.25, 0.3) is 0 Å². The number of benzene rings is 2. The SMILES string of the molecule is O=C(Nc1ccc(-c2ccccc2)cc1)N1CCN(c2ccccn2)CC1. The highest BCUT2D eigenvalue weighted by molar-refractivity contribution is 5.89. The van der Waals surface area contributed by atoms with Crippen LogP contribution in [-0.4, -0.2) is 42.1 Å². The van der Waals surface area contributed by atoms with E-state index in [1.807, 2.05) is 65.6 Å². The van der Waals surface area contributed by atoms with Crippen LogP contribution in [0.15, 0.2) is 79.0 Å². The Bertz CT molecular complexity index is 873. The topological polar surface area (TPSA) is 48.5 Å². The van der Waals surface area contributed by atoms with Crippen LogP contribution in [0.25, 0.3) is 11.1 Å². The van der Waals surface area contributed by atoms with Gasteiger partial charge < -0.3 is 15.1 Å². The van der Waals surface area contributed by atoms with Crippen LogP contribution in [0.5, 0.6) is 0 Å². The van der Waals surface area contributed by atoms with E-state index in [-0.39, 0.29) is 6.03 Å². The van der Waals surface area contributed by atoms with Crippen LogP contribution in [0.1, 0.15) is 0 Å². The molecule has 2 heterocycles. The molecule has 1 N–H and O–H groups in total. The second-order valence-electron chi connectivity index (χ2n) is 6.54. The molecule has 1 fully saturated rings. The molecule has 5 nitrogen and oxygen atoms in total. The number of urea groups is 1. The van der Waals surface area contributed by atoms with Crippen LogP contribution in [-0.2, 0) is 0 Å². The van der Waals surface area contributed by atoms with E-state index in [9.17, 15) is 4.79 Å². The van der Waals surface area contributed by atoms with Gasteiger partial charge in [-0.25, -0.2) is 9.78 Å². The summed E-state index contributed by atoms with van der Waals surface area (Å²) < 4.78 is 0. The van der Waals surface area contributed by atoms with Gasteiger partial charge in [-0.05, 0) is 35.4 Å². The maximum Gasteiger partial charge on any atom is 0.321 e. The van der Waals surface area contributed by atoms with Crippen LogP contribution in [0, 0.1) is 0 Å². The van der Waals surface area contributed by atoms with Crippen molar-refractivity contribution in [3.8, 4) is 11.1 Å². The summed E-state index contributed by atoms with van der Waals surface area (Å²) in [6.07, 6.45) is 1.80. The van der Waals surface area contributed by atoms with Crippen molar-refractivity contribution in [1.29, 1.82) is 0 Å². The molecule has 3 aromatic rings. The van der Waals surface area contributed by atoms with E-state index in [1.165, 1.54) is 5.56 Å². The van der Waals surface area contributed by atoms with Crippen LogP contribution in [0.2, 0.25) is 0 Å². The summed E-state index contributed by atoms with van der Waals surface area (Å²) in [7, 11) is 0. The highest BCUT2D eigenvalue weighted by atomic mass is 16.2. The highest BCUT2D eigenvalue weighted by Gasteiger charge is 2.21. The molecule has 1 aromatic heterocycles. The molecule has 0 radical (unpaired) electrons. The minimum atomic E-state index is -0.0527. The van der Waals surface area contributed by atoms with Crippen LogP contribution in [0.3, 0.4) is 0 Å². The summed E-state index contributed by atoms with van der Waals surface area (Å²) in [6.45, 7) is 2.95. The van der Waals surface area contributed by atoms with Crippen molar-refractivity contribution in [2.24, 2.45) is 0 Å². The van der Waals surface area contributed by atoms with Gasteiger partial charge in [-0.3, -0.25) is 0 Å². The maximum atomic E-state index is 12.5. The Morgan fingerprint density at radius 3 is 2.11 bits per heavy atom. The Labute approximate surface area is 159 Å². The number of rotatable bonds is 3. The summed E-state index contributed by atoms with van der Waals surface area (Å²) in [5.41, 5.74) is 3.12. The van der Waals surface area contributed by atoms with E-state index in [1.54, 1.807) is 6.20 Å². The number of piperazine rings is 1. The van der Waals surface area contributed by atoms with E-state index < -0.39 is 0 Å². The molecule has 0 bridgehead atoms. The first-order chi connectivity index (χ1) is 13.3. The number of pyridine rings is 1. The van der Waals surface area contributed by atoms with Gasteiger partial charge in [0.1, 0.15) is 5.82 Å². The van der Waals surface area contributed by atoms with Crippen molar-refractivity contribution in [2.45, 2.75) is 0 Å². The van der Waals surface area contributed by atoms with Gasteiger partial charge in [-0.2, -0.15) is 0 Å². The zero-order valence-corrected chi connectivity index (χ0v) is 15.1. The molecule has 0 spiro atoms. The van der Waals surface area contributed by atoms with E-state index in [2.05, 4.69) is 27.3 Å². The molecule has 0 unspecified atom stereocenters. The third kappa shape index (κ3) is 4.08. The van der Waals surface area contributed by atoms with Crippen LogP contribution >= 0.6 is 0 Å². The minimum absolute atomic E-state index is 0.0527. The first kappa shape index (κ1) is 17.1. The molecule has 0 atom stereocenters. The van der Waals surface area contributed by atoms with Gasteiger partial charge in [0.05, 0.1) is 0 Å². The first-order valence-corrected chi connectivity index (χ1v) is 9.17. The van der Waals surface area contributed by atoms with Crippen LogP contribution < -0.4 is 10.2 Å². The van der Waals surface area contributed by atoms with Gasteiger partial charge >= 0.3 is 6.03 Å². The van der Waals surface area contributed by atoms with E-state index >= 15 is 0 Å². The van der Waals surface area contributed by atoms with E-state index in [0.717, 1.165) is 30.2 Å².